The lowest BCUT2D eigenvalue weighted by Crippen LogP contribution is -2.06. The Morgan fingerprint density at radius 3 is 2.53 bits per heavy atom. The molecule has 0 atom stereocenters. The second-order valence-corrected chi connectivity index (χ2v) is 4.38. The van der Waals surface area contributed by atoms with E-state index in [1.54, 1.807) is 6.92 Å². The van der Waals surface area contributed by atoms with Crippen LogP contribution in [-0.4, -0.2) is 22.1 Å². The van der Waals surface area contributed by atoms with Gasteiger partial charge in [0, 0.05) is 0 Å². The molecule has 2 N–H and O–H groups in total. The van der Waals surface area contributed by atoms with Crippen LogP contribution in [0.2, 0.25) is 0 Å². The van der Waals surface area contributed by atoms with Crippen LogP contribution in [0.4, 0.5) is 5.69 Å². The molecule has 0 aromatic heterocycles. The molecule has 15 heavy (non-hydrogen) atoms. The van der Waals surface area contributed by atoms with Gasteiger partial charge in [-0.15, -0.1) is 0 Å². The predicted molar refractivity (Wildman–Crippen MR) is 56.2 cm³/mol. The summed E-state index contributed by atoms with van der Waals surface area (Å²) in [5, 5.41) is 0. The van der Waals surface area contributed by atoms with Crippen LogP contribution in [0.15, 0.2) is 23.1 Å². The Balaban J connectivity index is 3.13. The second kappa shape index (κ2) is 4.50. The molecule has 5 nitrogen and oxygen atoms in total. The summed E-state index contributed by atoms with van der Waals surface area (Å²) in [6.07, 6.45) is 0. The van der Waals surface area contributed by atoms with Crippen molar-refractivity contribution in [2.75, 3.05) is 19.5 Å². The van der Waals surface area contributed by atoms with Crippen molar-refractivity contribution in [2.24, 2.45) is 0 Å². The zero-order chi connectivity index (χ0) is 11.5. The topological polar surface area (TPSA) is 78.6 Å². The first-order chi connectivity index (χ1) is 7.01. The molecule has 0 unspecified atom stereocenters. The third-order valence-corrected chi connectivity index (χ3v) is 3.14. The van der Waals surface area contributed by atoms with Crippen LogP contribution < -0.4 is 10.5 Å². The van der Waals surface area contributed by atoms with Gasteiger partial charge in [-0.25, -0.2) is 0 Å². The number of anilines is 1. The van der Waals surface area contributed by atoms with Gasteiger partial charge in [0.1, 0.15) is 5.75 Å². The normalized spacial score (nSPS) is 11.3. The van der Waals surface area contributed by atoms with Crippen LogP contribution in [0, 0.1) is 0 Å². The summed E-state index contributed by atoms with van der Waals surface area (Å²) in [5.74, 6) is 0.436. The number of hydrogen-bond acceptors (Lipinski definition) is 5. The number of nitrogens with two attached hydrogens (primary N) is 1. The Morgan fingerprint density at radius 1 is 1.40 bits per heavy atom. The SMILES string of the molecule is CCOS(=O)(=O)c1ccc(OC)c(N)c1. The average Bonchev–Trinajstić information content (AvgIpc) is 2.17. The molecular weight excluding hydrogens is 218 g/mol. The van der Waals surface area contributed by atoms with E-state index in [0.717, 1.165) is 0 Å². The molecule has 0 spiro atoms. The zero-order valence-electron chi connectivity index (χ0n) is 8.56. The molecule has 0 saturated heterocycles. The fourth-order valence-corrected chi connectivity index (χ4v) is 2.04. The van der Waals surface area contributed by atoms with Gasteiger partial charge in [0.15, 0.2) is 0 Å². The fraction of sp³-hybridized carbons (Fsp3) is 0.333. The molecule has 0 saturated carbocycles. The fourth-order valence-electron chi connectivity index (χ4n) is 1.09. The van der Waals surface area contributed by atoms with Crippen LogP contribution in [0.1, 0.15) is 6.92 Å². The highest BCUT2D eigenvalue weighted by molar-refractivity contribution is 7.86. The number of methoxy groups -OCH3 is 1. The van der Waals surface area contributed by atoms with Crippen LogP contribution in [0.25, 0.3) is 0 Å². The molecule has 0 aliphatic rings. The van der Waals surface area contributed by atoms with Crippen LogP contribution in [-0.2, 0) is 14.3 Å². The maximum Gasteiger partial charge on any atom is 0.297 e. The minimum atomic E-state index is -3.69. The number of nitrogen functional groups attached to an aromatic ring is 1. The molecule has 0 radical (unpaired) electrons. The predicted octanol–water partition coefficient (Wildman–Crippen LogP) is 1.00. The summed E-state index contributed by atoms with van der Waals surface area (Å²) in [6.45, 7) is 1.69. The highest BCUT2D eigenvalue weighted by Crippen LogP contribution is 2.25. The van der Waals surface area contributed by atoms with Crippen molar-refractivity contribution in [3.8, 4) is 5.75 Å². The van der Waals surface area contributed by atoms with Crippen molar-refractivity contribution < 1.29 is 17.3 Å². The van der Waals surface area contributed by atoms with Gasteiger partial charge in [-0.1, -0.05) is 0 Å². The Morgan fingerprint density at radius 2 is 2.07 bits per heavy atom. The van der Waals surface area contributed by atoms with Crippen LogP contribution in [0.5, 0.6) is 5.75 Å². The van der Waals surface area contributed by atoms with Gasteiger partial charge >= 0.3 is 0 Å². The van der Waals surface area contributed by atoms with Crippen LogP contribution >= 0.6 is 0 Å². The van der Waals surface area contributed by atoms with Crippen molar-refractivity contribution in [1.82, 2.24) is 0 Å². The van der Waals surface area contributed by atoms with Gasteiger partial charge in [0.2, 0.25) is 0 Å². The van der Waals surface area contributed by atoms with E-state index in [1.807, 2.05) is 0 Å². The first-order valence-corrected chi connectivity index (χ1v) is 5.75. The molecule has 84 valence electrons. The number of ether oxygens (including phenoxy) is 1. The minimum Gasteiger partial charge on any atom is -0.495 e. The minimum absolute atomic E-state index is 0.0302. The Labute approximate surface area is 88.9 Å². The van der Waals surface area contributed by atoms with E-state index in [9.17, 15) is 8.42 Å². The standard InChI is InChI=1S/C9H13NO4S/c1-3-14-15(11,12)7-4-5-9(13-2)8(10)6-7/h4-6H,3,10H2,1-2H3. The molecule has 0 fully saturated rings. The van der Waals surface area contributed by atoms with E-state index >= 15 is 0 Å². The summed E-state index contributed by atoms with van der Waals surface area (Å²) in [5.41, 5.74) is 5.84. The van der Waals surface area contributed by atoms with E-state index in [4.69, 9.17) is 10.5 Å². The van der Waals surface area contributed by atoms with E-state index in [1.165, 1.54) is 25.3 Å². The quantitative estimate of drug-likeness (QED) is 0.618. The summed E-state index contributed by atoms with van der Waals surface area (Å²) >= 11 is 0. The van der Waals surface area contributed by atoms with Gasteiger partial charge in [-0.05, 0) is 25.1 Å². The van der Waals surface area contributed by atoms with Crippen molar-refractivity contribution in [2.45, 2.75) is 11.8 Å². The largest absolute Gasteiger partial charge is 0.495 e. The number of hydrogen-bond donors (Lipinski definition) is 1. The lowest BCUT2D eigenvalue weighted by Gasteiger charge is -2.07. The zero-order valence-corrected chi connectivity index (χ0v) is 9.37. The molecule has 0 bridgehead atoms. The first kappa shape index (κ1) is 11.8. The van der Waals surface area contributed by atoms with E-state index < -0.39 is 10.1 Å². The molecule has 0 aliphatic heterocycles. The van der Waals surface area contributed by atoms with Gasteiger partial charge in [0.25, 0.3) is 10.1 Å². The third kappa shape index (κ3) is 2.60. The molecular formula is C9H13NO4S. The van der Waals surface area contributed by atoms with E-state index in [0.29, 0.717) is 5.75 Å². The maximum absolute atomic E-state index is 11.5. The maximum atomic E-state index is 11.5. The number of benzene rings is 1. The molecule has 1 aromatic rings. The number of rotatable bonds is 4. The highest BCUT2D eigenvalue weighted by atomic mass is 32.2. The average molecular weight is 231 g/mol. The van der Waals surface area contributed by atoms with Gasteiger partial charge in [-0.2, -0.15) is 8.42 Å². The Bertz CT molecular complexity index is 441. The summed E-state index contributed by atoms with van der Waals surface area (Å²) in [7, 11) is -2.23. The Kier molecular flexibility index (Phi) is 3.54. The van der Waals surface area contributed by atoms with Gasteiger partial charge in [-0.3, -0.25) is 4.18 Å². The van der Waals surface area contributed by atoms with Crippen molar-refractivity contribution in [3.05, 3.63) is 18.2 Å². The molecule has 0 amide bonds. The second-order valence-electron chi connectivity index (χ2n) is 2.76. The summed E-state index contributed by atoms with van der Waals surface area (Å²) in [4.78, 5) is 0.0302. The Hall–Kier alpha value is -1.27. The lowest BCUT2D eigenvalue weighted by molar-refractivity contribution is 0.338. The molecule has 0 aliphatic carbocycles. The van der Waals surface area contributed by atoms with Gasteiger partial charge < -0.3 is 10.5 Å². The lowest BCUT2D eigenvalue weighted by atomic mass is 10.3. The van der Waals surface area contributed by atoms with Crippen LogP contribution in [0.3, 0.4) is 0 Å². The monoisotopic (exact) mass is 231 g/mol. The summed E-state index contributed by atoms with van der Waals surface area (Å²) < 4.78 is 32.5. The highest BCUT2D eigenvalue weighted by Gasteiger charge is 2.15. The molecule has 1 aromatic carbocycles. The molecule has 6 heteroatoms. The van der Waals surface area contributed by atoms with Gasteiger partial charge in [0.05, 0.1) is 24.3 Å². The van der Waals surface area contributed by atoms with E-state index in [-0.39, 0.29) is 17.2 Å². The van der Waals surface area contributed by atoms with Crippen molar-refractivity contribution in [1.29, 1.82) is 0 Å². The van der Waals surface area contributed by atoms with E-state index in [2.05, 4.69) is 4.18 Å². The third-order valence-electron chi connectivity index (χ3n) is 1.76. The first-order valence-electron chi connectivity index (χ1n) is 4.34. The smallest absolute Gasteiger partial charge is 0.297 e. The van der Waals surface area contributed by atoms with Crippen molar-refractivity contribution >= 4 is 15.8 Å². The molecule has 1 rings (SSSR count). The van der Waals surface area contributed by atoms with Crippen molar-refractivity contribution in [3.63, 3.8) is 0 Å². The molecule has 0 heterocycles. The summed E-state index contributed by atoms with van der Waals surface area (Å²) in [6, 6.07) is 4.19.